The number of benzene rings is 2. The van der Waals surface area contributed by atoms with Crippen LogP contribution in [0, 0.1) is 11.6 Å². The van der Waals surface area contributed by atoms with E-state index in [1.165, 1.54) is 0 Å². The first kappa shape index (κ1) is 17.5. The van der Waals surface area contributed by atoms with Crippen LogP contribution in [0.15, 0.2) is 35.2 Å². The number of carbonyl (C=O) groups is 1. The number of aromatic carboxylic acids is 1. The predicted octanol–water partition coefficient (Wildman–Crippen LogP) is 3.77. The molecule has 0 aliphatic carbocycles. The third kappa shape index (κ3) is 3.72. The van der Waals surface area contributed by atoms with Crippen molar-refractivity contribution in [1.29, 1.82) is 0 Å². The lowest BCUT2D eigenvalue weighted by molar-refractivity contribution is 0.0696. The van der Waals surface area contributed by atoms with E-state index in [1.807, 2.05) is 4.72 Å². The normalized spacial score (nSPS) is 11.3. The zero-order chi connectivity index (χ0) is 17.4. The SMILES string of the molecule is O=C(O)c1cc(Cl)c(Cl)c(S(=O)(=O)Nc2ccc(F)c(F)c2)c1. The Morgan fingerprint density at radius 2 is 1.74 bits per heavy atom. The fourth-order valence-electron chi connectivity index (χ4n) is 1.65. The molecule has 0 bridgehead atoms. The predicted molar refractivity (Wildman–Crippen MR) is 80.6 cm³/mol. The van der Waals surface area contributed by atoms with Gasteiger partial charge in [0.1, 0.15) is 4.90 Å². The molecular weight excluding hydrogens is 375 g/mol. The van der Waals surface area contributed by atoms with Gasteiger partial charge in [0, 0.05) is 6.07 Å². The van der Waals surface area contributed by atoms with E-state index >= 15 is 0 Å². The molecule has 0 saturated heterocycles. The Bertz CT molecular complexity index is 903. The lowest BCUT2D eigenvalue weighted by Crippen LogP contribution is -2.15. The summed E-state index contributed by atoms with van der Waals surface area (Å²) in [6.45, 7) is 0. The summed E-state index contributed by atoms with van der Waals surface area (Å²) in [5.74, 6) is -3.82. The number of hydrogen-bond acceptors (Lipinski definition) is 3. The summed E-state index contributed by atoms with van der Waals surface area (Å²) < 4.78 is 52.5. The third-order valence-electron chi connectivity index (χ3n) is 2.70. The molecule has 0 aliphatic heterocycles. The number of anilines is 1. The highest BCUT2D eigenvalue weighted by atomic mass is 35.5. The Hall–Kier alpha value is -1.90. The third-order valence-corrected chi connectivity index (χ3v) is 5.02. The van der Waals surface area contributed by atoms with Crippen molar-refractivity contribution < 1.29 is 27.1 Å². The van der Waals surface area contributed by atoms with Crippen LogP contribution >= 0.6 is 23.2 Å². The number of rotatable bonds is 4. The molecule has 0 aliphatic rings. The van der Waals surface area contributed by atoms with Gasteiger partial charge in [-0.05, 0) is 24.3 Å². The first-order valence-electron chi connectivity index (χ1n) is 5.82. The van der Waals surface area contributed by atoms with E-state index in [9.17, 15) is 22.0 Å². The van der Waals surface area contributed by atoms with Gasteiger partial charge in [-0.15, -0.1) is 0 Å². The summed E-state index contributed by atoms with van der Waals surface area (Å²) >= 11 is 11.5. The van der Waals surface area contributed by atoms with Crippen LogP contribution in [0.2, 0.25) is 10.0 Å². The van der Waals surface area contributed by atoms with E-state index in [1.54, 1.807) is 0 Å². The van der Waals surface area contributed by atoms with E-state index in [-0.39, 0.29) is 10.7 Å². The first-order chi connectivity index (χ1) is 10.6. The van der Waals surface area contributed by atoms with Crippen LogP contribution in [0.25, 0.3) is 0 Å². The Balaban J connectivity index is 2.51. The summed E-state index contributed by atoms with van der Waals surface area (Å²) in [7, 11) is -4.37. The van der Waals surface area contributed by atoms with Crippen LogP contribution in [0.1, 0.15) is 10.4 Å². The van der Waals surface area contributed by atoms with Crippen LogP contribution in [0.4, 0.5) is 14.5 Å². The van der Waals surface area contributed by atoms with Crippen LogP contribution in [-0.4, -0.2) is 19.5 Å². The molecule has 0 atom stereocenters. The van der Waals surface area contributed by atoms with E-state index in [4.69, 9.17) is 28.3 Å². The van der Waals surface area contributed by atoms with Crippen molar-refractivity contribution in [3.8, 4) is 0 Å². The fraction of sp³-hybridized carbons (Fsp3) is 0. The monoisotopic (exact) mass is 381 g/mol. The molecule has 0 heterocycles. The minimum absolute atomic E-state index is 0.267. The van der Waals surface area contributed by atoms with Crippen molar-refractivity contribution in [2.45, 2.75) is 4.90 Å². The van der Waals surface area contributed by atoms with Crippen LogP contribution < -0.4 is 4.72 Å². The quantitative estimate of drug-likeness (QED) is 0.843. The molecular formula is C13H7Cl2F2NO4S. The highest BCUT2D eigenvalue weighted by Gasteiger charge is 2.23. The summed E-state index contributed by atoms with van der Waals surface area (Å²) in [5, 5.41) is 8.26. The molecule has 0 amide bonds. The molecule has 0 aromatic heterocycles. The van der Waals surface area contributed by atoms with Crippen molar-refractivity contribution in [1.82, 2.24) is 0 Å². The molecule has 5 nitrogen and oxygen atoms in total. The summed E-state index contributed by atoms with van der Waals surface area (Å²) in [6.07, 6.45) is 0. The first-order valence-corrected chi connectivity index (χ1v) is 8.06. The van der Waals surface area contributed by atoms with E-state index in [0.29, 0.717) is 6.07 Å². The molecule has 2 aromatic rings. The number of halogens is 4. The van der Waals surface area contributed by atoms with Crippen molar-refractivity contribution in [2.24, 2.45) is 0 Å². The topological polar surface area (TPSA) is 83.5 Å². The lowest BCUT2D eigenvalue weighted by Gasteiger charge is -2.11. The molecule has 2 N–H and O–H groups in total. The molecule has 10 heteroatoms. The maximum absolute atomic E-state index is 13.1. The molecule has 0 fully saturated rings. The lowest BCUT2D eigenvalue weighted by atomic mass is 10.2. The molecule has 0 saturated carbocycles. The summed E-state index contributed by atoms with van der Waals surface area (Å²) in [4.78, 5) is 10.4. The Morgan fingerprint density at radius 1 is 1.09 bits per heavy atom. The van der Waals surface area contributed by atoms with Gasteiger partial charge in [0.05, 0.1) is 21.3 Å². The molecule has 0 spiro atoms. The minimum atomic E-state index is -4.37. The highest BCUT2D eigenvalue weighted by Crippen LogP contribution is 2.32. The van der Waals surface area contributed by atoms with Gasteiger partial charge in [0.25, 0.3) is 10.0 Å². The minimum Gasteiger partial charge on any atom is -0.478 e. The largest absolute Gasteiger partial charge is 0.478 e. The van der Waals surface area contributed by atoms with Gasteiger partial charge < -0.3 is 5.11 Å². The van der Waals surface area contributed by atoms with Gasteiger partial charge in [-0.3, -0.25) is 4.72 Å². The van der Waals surface area contributed by atoms with Crippen molar-refractivity contribution in [3.05, 3.63) is 57.6 Å². The van der Waals surface area contributed by atoms with Gasteiger partial charge in [-0.25, -0.2) is 22.0 Å². The highest BCUT2D eigenvalue weighted by molar-refractivity contribution is 7.92. The number of sulfonamides is 1. The second-order valence-corrected chi connectivity index (χ2v) is 6.75. The van der Waals surface area contributed by atoms with E-state index in [0.717, 1.165) is 24.3 Å². The Morgan fingerprint density at radius 3 is 2.30 bits per heavy atom. The summed E-state index contributed by atoms with van der Waals surface area (Å²) in [5.41, 5.74) is -0.665. The molecule has 122 valence electrons. The van der Waals surface area contributed by atoms with Crippen molar-refractivity contribution in [2.75, 3.05) is 4.72 Å². The van der Waals surface area contributed by atoms with E-state index in [2.05, 4.69) is 0 Å². The second kappa shape index (κ2) is 6.31. The summed E-state index contributed by atoms with van der Waals surface area (Å²) in [6, 6.07) is 4.15. The number of nitrogens with one attached hydrogen (secondary N) is 1. The zero-order valence-electron chi connectivity index (χ0n) is 11.0. The fourth-order valence-corrected chi connectivity index (χ4v) is 3.52. The zero-order valence-corrected chi connectivity index (χ0v) is 13.3. The van der Waals surface area contributed by atoms with Crippen LogP contribution in [0.5, 0.6) is 0 Å². The number of carboxylic acid groups (broad SMARTS) is 1. The number of hydrogen-bond donors (Lipinski definition) is 2. The average molecular weight is 382 g/mol. The van der Waals surface area contributed by atoms with Gasteiger partial charge in [-0.1, -0.05) is 23.2 Å². The molecule has 0 unspecified atom stereocenters. The molecule has 23 heavy (non-hydrogen) atoms. The maximum Gasteiger partial charge on any atom is 0.335 e. The molecule has 0 radical (unpaired) electrons. The maximum atomic E-state index is 13.1. The Labute approximate surface area is 139 Å². The van der Waals surface area contributed by atoms with Crippen LogP contribution in [-0.2, 0) is 10.0 Å². The Kier molecular flexibility index (Phi) is 4.79. The van der Waals surface area contributed by atoms with Gasteiger partial charge >= 0.3 is 5.97 Å². The van der Waals surface area contributed by atoms with Crippen molar-refractivity contribution in [3.63, 3.8) is 0 Å². The smallest absolute Gasteiger partial charge is 0.335 e. The number of carboxylic acids is 1. The molecule has 2 aromatic carbocycles. The van der Waals surface area contributed by atoms with Crippen molar-refractivity contribution >= 4 is 44.9 Å². The molecule has 2 rings (SSSR count). The van der Waals surface area contributed by atoms with Gasteiger partial charge in [-0.2, -0.15) is 0 Å². The average Bonchev–Trinajstić information content (AvgIpc) is 2.45. The van der Waals surface area contributed by atoms with Gasteiger partial charge in [0.2, 0.25) is 0 Å². The standard InChI is InChI=1S/C13H7Cl2F2NO4S/c14-8-3-6(13(19)20)4-11(12(8)15)23(21,22)18-7-1-2-9(16)10(17)5-7/h1-5,18H,(H,19,20). The van der Waals surface area contributed by atoms with E-state index < -0.39 is 43.1 Å². The van der Waals surface area contributed by atoms with Crippen LogP contribution in [0.3, 0.4) is 0 Å². The second-order valence-electron chi connectivity index (χ2n) is 4.31. The van der Waals surface area contributed by atoms with Gasteiger partial charge in [0.15, 0.2) is 11.6 Å².